The average molecular weight is 391 g/mol. The fourth-order valence-electron chi connectivity index (χ4n) is 6.27. The van der Waals surface area contributed by atoms with Gasteiger partial charge in [0.25, 0.3) is 0 Å². The molecule has 0 saturated carbocycles. The summed E-state index contributed by atoms with van der Waals surface area (Å²) in [6.07, 6.45) is 0. The molecular weight excluding hydrogens is 368 g/mol. The summed E-state index contributed by atoms with van der Waals surface area (Å²) in [6.45, 7) is 9.67. The number of thiophene rings is 1. The van der Waals surface area contributed by atoms with Crippen LogP contribution in [0.3, 0.4) is 0 Å². The Morgan fingerprint density at radius 1 is 0.586 bits per heavy atom. The van der Waals surface area contributed by atoms with Gasteiger partial charge in [0, 0.05) is 31.0 Å². The Balaban J connectivity index is 1.90. The first kappa shape index (κ1) is 16.2. The van der Waals surface area contributed by atoms with Crippen LogP contribution >= 0.6 is 11.3 Å². The van der Waals surface area contributed by atoms with Gasteiger partial charge in [0.1, 0.15) is 0 Å². The largest absolute Gasteiger partial charge is 0.135 e. The average Bonchev–Trinajstić information content (AvgIpc) is 3.20. The van der Waals surface area contributed by atoms with E-state index in [4.69, 9.17) is 0 Å². The van der Waals surface area contributed by atoms with Crippen LogP contribution in [-0.2, 0) is 10.8 Å². The highest BCUT2D eigenvalue weighted by atomic mass is 32.1. The molecule has 0 bridgehead atoms. The molecule has 0 saturated heterocycles. The molecule has 1 aromatic heterocycles. The minimum absolute atomic E-state index is 0.00897. The van der Waals surface area contributed by atoms with Gasteiger partial charge in [-0.05, 0) is 50.2 Å². The zero-order chi connectivity index (χ0) is 19.7. The lowest BCUT2D eigenvalue weighted by Crippen LogP contribution is -2.23. The summed E-state index contributed by atoms with van der Waals surface area (Å²) in [5.74, 6) is 0. The maximum Gasteiger partial charge on any atom is 0.0408 e. The second-order valence-electron chi connectivity index (χ2n) is 9.76. The lowest BCUT2D eigenvalue weighted by atomic mass is 9.68. The summed E-state index contributed by atoms with van der Waals surface area (Å²) in [5, 5.41) is 5.79. The van der Waals surface area contributed by atoms with Crippen LogP contribution in [0.25, 0.3) is 42.1 Å². The van der Waals surface area contributed by atoms with Crippen molar-refractivity contribution in [2.24, 2.45) is 0 Å². The van der Waals surface area contributed by atoms with Crippen LogP contribution < -0.4 is 0 Å². The van der Waals surface area contributed by atoms with Crippen molar-refractivity contribution >= 4 is 42.3 Å². The number of benzene rings is 4. The highest BCUT2D eigenvalue weighted by Crippen LogP contribution is 2.62. The Labute approximate surface area is 174 Å². The van der Waals surface area contributed by atoms with E-state index in [1.165, 1.54) is 58.8 Å². The molecule has 1 heteroatoms. The highest BCUT2D eigenvalue weighted by molar-refractivity contribution is 7.26. The molecule has 5 aromatic rings. The van der Waals surface area contributed by atoms with Gasteiger partial charge < -0.3 is 0 Å². The third-order valence-corrected chi connectivity index (χ3v) is 8.80. The first-order valence-electron chi connectivity index (χ1n) is 10.5. The normalized spacial score (nSPS) is 17.5. The van der Waals surface area contributed by atoms with Crippen LogP contribution in [0.5, 0.6) is 0 Å². The molecule has 1 heterocycles. The van der Waals surface area contributed by atoms with E-state index < -0.39 is 0 Å². The number of hydrogen-bond acceptors (Lipinski definition) is 1. The van der Waals surface area contributed by atoms with Gasteiger partial charge in [-0.2, -0.15) is 0 Å². The topological polar surface area (TPSA) is 0 Å². The number of hydrogen-bond donors (Lipinski definition) is 0. The molecule has 29 heavy (non-hydrogen) atoms. The summed E-state index contributed by atoms with van der Waals surface area (Å²) >= 11 is 1.98. The Hall–Kier alpha value is -2.64. The van der Waals surface area contributed by atoms with Crippen LogP contribution in [-0.4, -0.2) is 0 Å². The molecule has 0 unspecified atom stereocenters. The van der Waals surface area contributed by atoms with E-state index >= 15 is 0 Å². The van der Waals surface area contributed by atoms with Gasteiger partial charge in [0.2, 0.25) is 0 Å². The SMILES string of the molecule is CC1(C)c2cccc3c2-c2c1c1sc4ccccc4c1c1cccc(c21)C3(C)C. The van der Waals surface area contributed by atoms with E-state index in [-0.39, 0.29) is 10.8 Å². The van der Waals surface area contributed by atoms with Gasteiger partial charge in [-0.1, -0.05) is 82.3 Å². The Kier molecular flexibility index (Phi) is 2.64. The van der Waals surface area contributed by atoms with Gasteiger partial charge in [-0.25, -0.2) is 0 Å². The third kappa shape index (κ3) is 1.62. The lowest BCUT2D eigenvalue weighted by Gasteiger charge is -2.35. The first-order chi connectivity index (χ1) is 13.9. The van der Waals surface area contributed by atoms with E-state index in [0.717, 1.165) is 0 Å². The lowest BCUT2D eigenvalue weighted by molar-refractivity contribution is 0.640. The molecule has 2 aliphatic carbocycles. The molecule has 0 aliphatic heterocycles. The van der Waals surface area contributed by atoms with E-state index in [2.05, 4.69) is 88.4 Å². The maximum absolute atomic E-state index is 2.43. The fourth-order valence-corrected chi connectivity index (χ4v) is 7.70. The second-order valence-corrected chi connectivity index (χ2v) is 10.8. The van der Waals surface area contributed by atoms with E-state index in [0.29, 0.717) is 0 Å². The van der Waals surface area contributed by atoms with Gasteiger partial charge in [0.05, 0.1) is 0 Å². The van der Waals surface area contributed by atoms with Crippen LogP contribution in [0.2, 0.25) is 0 Å². The van der Waals surface area contributed by atoms with E-state index in [9.17, 15) is 0 Å². The quantitative estimate of drug-likeness (QED) is 0.250. The fraction of sp³-hybridized carbons (Fsp3) is 0.214. The predicted molar refractivity (Wildman–Crippen MR) is 127 cm³/mol. The molecule has 140 valence electrons. The Bertz CT molecular complexity index is 1540. The van der Waals surface area contributed by atoms with Crippen LogP contribution in [0.4, 0.5) is 0 Å². The molecular formula is C28H22S. The van der Waals surface area contributed by atoms with Gasteiger partial charge in [0.15, 0.2) is 0 Å². The summed E-state index contributed by atoms with van der Waals surface area (Å²) in [6, 6.07) is 22.9. The molecule has 4 aromatic carbocycles. The summed E-state index contributed by atoms with van der Waals surface area (Å²) < 4.78 is 2.88. The molecule has 0 radical (unpaired) electrons. The number of fused-ring (bicyclic) bond motifs is 5. The van der Waals surface area contributed by atoms with Crippen LogP contribution in [0.1, 0.15) is 49.9 Å². The predicted octanol–water partition coefficient (Wildman–Crippen LogP) is 8.15. The summed E-state index contributed by atoms with van der Waals surface area (Å²) in [7, 11) is 0. The Morgan fingerprint density at radius 3 is 2.07 bits per heavy atom. The van der Waals surface area contributed by atoms with Gasteiger partial charge in [-0.3, -0.25) is 0 Å². The number of rotatable bonds is 0. The van der Waals surface area contributed by atoms with Gasteiger partial charge in [-0.15, -0.1) is 11.3 Å². The van der Waals surface area contributed by atoms with Crippen molar-refractivity contribution in [1.29, 1.82) is 0 Å². The molecule has 0 N–H and O–H groups in total. The molecule has 0 fully saturated rings. The molecule has 0 nitrogen and oxygen atoms in total. The van der Waals surface area contributed by atoms with E-state index in [1.807, 2.05) is 11.3 Å². The van der Waals surface area contributed by atoms with Crippen LogP contribution in [0.15, 0.2) is 60.7 Å². The second kappa shape index (κ2) is 4.74. The van der Waals surface area contributed by atoms with Crippen molar-refractivity contribution in [3.05, 3.63) is 82.9 Å². The van der Waals surface area contributed by atoms with Gasteiger partial charge >= 0.3 is 0 Å². The molecule has 0 spiro atoms. The van der Waals surface area contributed by atoms with Crippen molar-refractivity contribution in [3.63, 3.8) is 0 Å². The smallest absolute Gasteiger partial charge is 0.0408 e. The minimum Gasteiger partial charge on any atom is -0.135 e. The van der Waals surface area contributed by atoms with E-state index in [1.54, 1.807) is 5.56 Å². The maximum atomic E-state index is 2.43. The monoisotopic (exact) mass is 390 g/mol. The zero-order valence-electron chi connectivity index (χ0n) is 17.2. The Morgan fingerprint density at radius 2 is 1.24 bits per heavy atom. The van der Waals surface area contributed by atoms with Crippen molar-refractivity contribution in [1.82, 2.24) is 0 Å². The molecule has 2 aliphatic rings. The molecule has 0 amide bonds. The summed E-state index contributed by atoms with van der Waals surface area (Å²) in [5.41, 5.74) is 9.07. The molecule has 7 rings (SSSR count). The minimum atomic E-state index is 0.00897. The van der Waals surface area contributed by atoms with Crippen molar-refractivity contribution in [3.8, 4) is 11.1 Å². The zero-order valence-corrected chi connectivity index (χ0v) is 18.0. The standard InChI is InChI=1S/C28H22S/c1-27(2)17-11-7-10-16-21-15-9-5-6-14-20(15)29-26(21)25-24(22(16)17)23-18(27)12-8-13-19(23)28(25,3)4/h5-14H,1-4H3. The molecule has 0 atom stereocenters. The highest BCUT2D eigenvalue weighted by Gasteiger charge is 2.46. The van der Waals surface area contributed by atoms with Crippen molar-refractivity contribution in [2.75, 3.05) is 0 Å². The van der Waals surface area contributed by atoms with Crippen molar-refractivity contribution in [2.45, 2.75) is 38.5 Å². The summed E-state index contributed by atoms with van der Waals surface area (Å²) in [4.78, 5) is 0. The first-order valence-corrected chi connectivity index (χ1v) is 11.3. The van der Waals surface area contributed by atoms with Crippen molar-refractivity contribution < 1.29 is 0 Å². The van der Waals surface area contributed by atoms with Crippen LogP contribution in [0, 0.1) is 0 Å². The third-order valence-electron chi connectivity index (χ3n) is 7.62.